The summed E-state index contributed by atoms with van der Waals surface area (Å²) in [6.07, 6.45) is 0. The summed E-state index contributed by atoms with van der Waals surface area (Å²) in [7, 11) is 1.69. The average Bonchev–Trinajstić information content (AvgIpc) is 2.69. The molecule has 0 saturated heterocycles. The molecule has 0 spiro atoms. The van der Waals surface area contributed by atoms with Crippen LogP contribution in [0.25, 0.3) is 0 Å². The summed E-state index contributed by atoms with van der Waals surface area (Å²) in [5.74, 6) is 1.78. The Morgan fingerprint density at radius 2 is 1.33 bits per heavy atom. The van der Waals surface area contributed by atoms with Gasteiger partial charge in [-0.25, -0.2) is 0 Å². The smallest absolute Gasteiger partial charge is 0.124 e. The lowest BCUT2D eigenvalue weighted by molar-refractivity contribution is 0.302. The van der Waals surface area contributed by atoms with Crippen LogP contribution in [-0.4, -0.2) is 7.11 Å². The van der Waals surface area contributed by atoms with E-state index in [4.69, 9.17) is 21.1 Å². The highest BCUT2D eigenvalue weighted by Crippen LogP contribution is 2.21. The summed E-state index contributed by atoms with van der Waals surface area (Å²) in [6, 6.07) is 23.8. The summed E-state index contributed by atoms with van der Waals surface area (Å²) in [4.78, 5) is 0. The molecule has 0 unspecified atom stereocenters. The minimum atomic E-state index is 0. The summed E-state index contributed by atoms with van der Waals surface area (Å²) in [5.41, 5.74) is 3.34. The van der Waals surface area contributed by atoms with Crippen molar-refractivity contribution in [3.8, 4) is 11.5 Å². The van der Waals surface area contributed by atoms with Gasteiger partial charge in [0, 0.05) is 29.2 Å². The van der Waals surface area contributed by atoms with Crippen LogP contribution in [0.1, 0.15) is 16.7 Å². The maximum Gasteiger partial charge on any atom is 0.124 e. The lowest BCUT2D eigenvalue weighted by Gasteiger charge is -2.13. The van der Waals surface area contributed by atoms with E-state index in [0.717, 1.165) is 46.3 Å². The zero-order valence-corrected chi connectivity index (χ0v) is 16.7. The van der Waals surface area contributed by atoms with Crippen LogP contribution in [-0.2, 0) is 19.7 Å². The van der Waals surface area contributed by atoms with Gasteiger partial charge in [0.2, 0.25) is 0 Å². The lowest BCUT2D eigenvalue weighted by atomic mass is 10.1. The maximum atomic E-state index is 6.00. The number of benzene rings is 3. The molecule has 0 radical (unpaired) electrons. The van der Waals surface area contributed by atoms with Gasteiger partial charge < -0.3 is 14.8 Å². The molecule has 0 bridgehead atoms. The average molecular weight is 404 g/mol. The van der Waals surface area contributed by atoms with E-state index in [0.29, 0.717) is 6.61 Å². The fourth-order valence-corrected chi connectivity index (χ4v) is 2.84. The third-order valence-electron chi connectivity index (χ3n) is 4.10. The largest absolute Gasteiger partial charge is 0.496 e. The summed E-state index contributed by atoms with van der Waals surface area (Å²) >= 11 is 5.93. The van der Waals surface area contributed by atoms with Crippen LogP contribution >= 0.6 is 24.0 Å². The van der Waals surface area contributed by atoms with Crippen molar-refractivity contribution in [3.63, 3.8) is 0 Å². The molecule has 3 aromatic rings. The first-order chi connectivity index (χ1) is 12.8. The van der Waals surface area contributed by atoms with E-state index < -0.39 is 0 Å². The first-order valence-corrected chi connectivity index (χ1v) is 8.92. The first-order valence-electron chi connectivity index (χ1n) is 8.54. The van der Waals surface area contributed by atoms with Crippen molar-refractivity contribution in [1.82, 2.24) is 5.32 Å². The van der Waals surface area contributed by atoms with E-state index in [1.165, 1.54) is 0 Å². The zero-order chi connectivity index (χ0) is 18.2. The highest BCUT2D eigenvalue weighted by molar-refractivity contribution is 6.30. The number of halogens is 2. The van der Waals surface area contributed by atoms with E-state index >= 15 is 0 Å². The molecular formula is C22H23Cl2NO2. The topological polar surface area (TPSA) is 30.5 Å². The normalized spacial score (nSPS) is 10.1. The van der Waals surface area contributed by atoms with Crippen molar-refractivity contribution in [2.24, 2.45) is 0 Å². The third-order valence-corrected chi connectivity index (χ3v) is 4.36. The third kappa shape index (κ3) is 6.17. The second-order valence-electron chi connectivity index (χ2n) is 5.94. The van der Waals surface area contributed by atoms with E-state index in [9.17, 15) is 0 Å². The Morgan fingerprint density at radius 1 is 0.778 bits per heavy atom. The molecule has 3 nitrogen and oxygen atoms in total. The fourth-order valence-electron chi connectivity index (χ4n) is 2.71. The molecule has 27 heavy (non-hydrogen) atoms. The van der Waals surface area contributed by atoms with Crippen LogP contribution in [0, 0.1) is 0 Å². The molecule has 0 amide bonds. The quantitative estimate of drug-likeness (QED) is 0.527. The minimum absolute atomic E-state index is 0. The van der Waals surface area contributed by atoms with Crippen molar-refractivity contribution >= 4 is 24.0 Å². The van der Waals surface area contributed by atoms with Gasteiger partial charge in [-0.1, -0.05) is 60.1 Å². The first kappa shape index (κ1) is 21.1. The molecule has 0 saturated carbocycles. The minimum Gasteiger partial charge on any atom is -0.496 e. The molecule has 142 valence electrons. The Bertz CT molecular complexity index is 838. The van der Waals surface area contributed by atoms with Gasteiger partial charge in [0.25, 0.3) is 0 Å². The Morgan fingerprint density at radius 3 is 1.96 bits per heavy atom. The van der Waals surface area contributed by atoms with Gasteiger partial charge in [-0.2, -0.15) is 0 Å². The molecule has 0 aliphatic rings. The fraction of sp³-hybridized carbons (Fsp3) is 0.182. The van der Waals surface area contributed by atoms with Gasteiger partial charge >= 0.3 is 0 Å². The number of hydrogen-bond acceptors (Lipinski definition) is 3. The van der Waals surface area contributed by atoms with Crippen LogP contribution in [0.5, 0.6) is 11.5 Å². The molecule has 0 atom stereocenters. The molecule has 1 N–H and O–H groups in total. The van der Waals surface area contributed by atoms with Crippen molar-refractivity contribution in [3.05, 3.63) is 94.5 Å². The number of para-hydroxylation sites is 2. The molecule has 0 aliphatic heterocycles. The number of methoxy groups -OCH3 is 1. The molecular weight excluding hydrogens is 381 g/mol. The monoisotopic (exact) mass is 403 g/mol. The second kappa shape index (κ2) is 10.8. The molecule has 5 heteroatoms. The van der Waals surface area contributed by atoms with Crippen molar-refractivity contribution in [2.45, 2.75) is 19.7 Å². The molecule has 3 aromatic carbocycles. The Kier molecular flexibility index (Phi) is 8.46. The Hall–Kier alpha value is -2.20. The van der Waals surface area contributed by atoms with Crippen LogP contribution in [0.4, 0.5) is 0 Å². The van der Waals surface area contributed by atoms with Crippen LogP contribution < -0.4 is 14.8 Å². The predicted octanol–water partition coefficient (Wildman–Crippen LogP) is 5.64. The van der Waals surface area contributed by atoms with Gasteiger partial charge in [-0.05, 0) is 29.8 Å². The zero-order valence-electron chi connectivity index (χ0n) is 15.2. The van der Waals surface area contributed by atoms with Gasteiger partial charge in [-0.15, -0.1) is 12.4 Å². The summed E-state index contributed by atoms with van der Waals surface area (Å²) < 4.78 is 11.4. The van der Waals surface area contributed by atoms with Crippen molar-refractivity contribution in [2.75, 3.05) is 7.11 Å². The number of rotatable bonds is 8. The summed E-state index contributed by atoms with van der Waals surface area (Å²) in [5, 5.41) is 4.19. The highest BCUT2D eigenvalue weighted by Gasteiger charge is 2.05. The number of nitrogens with one attached hydrogen (secondary N) is 1. The van der Waals surface area contributed by atoms with Gasteiger partial charge in [0.15, 0.2) is 0 Å². The molecule has 0 aliphatic carbocycles. The van der Waals surface area contributed by atoms with E-state index in [-0.39, 0.29) is 12.4 Å². The summed E-state index contributed by atoms with van der Waals surface area (Å²) in [6.45, 7) is 1.96. The Labute approximate surface area is 171 Å². The second-order valence-corrected chi connectivity index (χ2v) is 6.37. The van der Waals surface area contributed by atoms with Gasteiger partial charge in [0.1, 0.15) is 18.1 Å². The van der Waals surface area contributed by atoms with Crippen molar-refractivity contribution in [1.29, 1.82) is 0 Å². The predicted molar refractivity (Wildman–Crippen MR) is 113 cm³/mol. The van der Waals surface area contributed by atoms with Crippen LogP contribution in [0.15, 0.2) is 72.8 Å². The molecule has 3 rings (SSSR count). The molecule has 0 fully saturated rings. The SMILES string of the molecule is COc1ccccc1CNCc1ccccc1OCc1ccc(Cl)cc1.Cl. The lowest BCUT2D eigenvalue weighted by Crippen LogP contribution is -2.14. The van der Waals surface area contributed by atoms with Crippen molar-refractivity contribution < 1.29 is 9.47 Å². The van der Waals surface area contributed by atoms with E-state index in [1.54, 1.807) is 7.11 Å². The van der Waals surface area contributed by atoms with Crippen LogP contribution in [0.2, 0.25) is 5.02 Å². The molecule has 0 aromatic heterocycles. The van der Waals surface area contributed by atoms with E-state index in [1.807, 2.05) is 60.7 Å². The Balaban J connectivity index is 0.00000261. The van der Waals surface area contributed by atoms with Gasteiger partial charge in [0.05, 0.1) is 7.11 Å². The van der Waals surface area contributed by atoms with E-state index in [2.05, 4.69) is 17.4 Å². The maximum absolute atomic E-state index is 6.00. The van der Waals surface area contributed by atoms with Crippen LogP contribution in [0.3, 0.4) is 0 Å². The standard InChI is InChI=1S/C22H22ClNO2.ClH/c1-25-21-8-4-2-6-18(21)14-24-15-19-7-3-5-9-22(19)26-16-17-10-12-20(23)13-11-17;/h2-13,24H,14-16H2,1H3;1H. The molecule has 0 heterocycles. The number of hydrogen-bond donors (Lipinski definition) is 1. The van der Waals surface area contributed by atoms with Gasteiger partial charge in [-0.3, -0.25) is 0 Å². The highest BCUT2D eigenvalue weighted by atomic mass is 35.5. The number of ether oxygens (including phenoxy) is 2.